The van der Waals surface area contributed by atoms with Crippen LogP contribution in [0.1, 0.15) is 11.5 Å². The molecule has 0 spiro atoms. The molecule has 2 heterocycles. The Morgan fingerprint density at radius 1 is 1.12 bits per heavy atom. The number of carbonyl (C=O) groups excluding carboxylic acids is 4. The number of hydrogen-bond acceptors (Lipinski definition) is 5. The van der Waals surface area contributed by atoms with Gasteiger partial charge in [0.05, 0.1) is 0 Å². The zero-order valence-electron chi connectivity index (χ0n) is 14.2. The Morgan fingerprint density at radius 2 is 1.77 bits per heavy atom. The van der Waals surface area contributed by atoms with Crippen molar-refractivity contribution in [1.82, 2.24) is 14.7 Å². The van der Waals surface area contributed by atoms with Crippen molar-refractivity contribution >= 4 is 23.8 Å². The number of amides is 5. The first-order chi connectivity index (χ1) is 12.4. The first-order valence-corrected chi connectivity index (χ1v) is 8.30. The lowest BCUT2D eigenvalue weighted by Crippen LogP contribution is -2.43. The van der Waals surface area contributed by atoms with Gasteiger partial charge >= 0.3 is 17.8 Å². The molecule has 0 unspecified atom stereocenters. The smallest absolute Gasteiger partial charge is 0.335 e. The van der Waals surface area contributed by atoms with E-state index in [-0.39, 0.29) is 18.5 Å². The number of hydrogen-bond donors (Lipinski definition) is 1. The molecule has 2 N–H and O–H groups in total. The Kier molecular flexibility index (Phi) is 4.85. The van der Waals surface area contributed by atoms with Crippen LogP contribution in [0.2, 0.25) is 0 Å². The fraction of sp³-hybridized carbons (Fsp3) is 0.333. The Morgan fingerprint density at radius 3 is 2.42 bits per heavy atom. The molecule has 3 rings (SSSR count). The first kappa shape index (κ1) is 17.8. The van der Waals surface area contributed by atoms with Crippen molar-refractivity contribution < 1.29 is 19.2 Å². The van der Waals surface area contributed by atoms with Crippen molar-refractivity contribution in [1.29, 1.82) is 0 Å². The number of likely N-dealkylation sites (tertiary alicyclic amines) is 1. The number of imide groups is 2. The van der Waals surface area contributed by atoms with Crippen LogP contribution in [-0.4, -0.2) is 70.7 Å². The molecule has 2 fully saturated rings. The summed E-state index contributed by atoms with van der Waals surface area (Å²) in [4.78, 5) is 51.5. The fourth-order valence-electron chi connectivity index (χ4n) is 3.30. The minimum absolute atomic E-state index is 0.0102. The number of carbonyl (C=O) groups is 4. The van der Waals surface area contributed by atoms with E-state index in [1.165, 1.54) is 11.0 Å². The van der Waals surface area contributed by atoms with Crippen molar-refractivity contribution in [3.63, 3.8) is 0 Å². The van der Waals surface area contributed by atoms with Crippen LogP contribution >= 0.6 is 0 Å². The summed E-state index contributed by atoms with van der Waals surface area (Å²) in [7, 11) is 0. The topological polar surface area (TPSA) is 104 Å². The number of nitrogens with two attached hydrogens (primary N) is 1. The molecule has 2 aliphatic rings. The highest BCUT2D eigenvalue weighted by Gasteiger charge is 2.45. The Hall–Kier alpha value is -3.00. The van der Waals surface area contributed by atoms with Crippen LogP contribution in [0.25, 0.3) is 0 Å². The predicted molar refractivity (Wildman–Crippen MR) is 92.8 cm³/mol. The average molecular weight is 356 g/mol. The van der Waals surface area contributed by atoms with Crippen molar-refractivity contribution in [2.24, 2.45) is 5.73 Å². The molecule has 0 aromatic heterocycles. The lowest BCUT2D eigenvalue weighted by molar-refractivity contribution is -0.144. The zero-order valence-corrected chi connectivity index (χ0v) is 14.2. The third kappa shape index (κ3) is 3.11. The number of urea groups is 1. The second-order valence-electron chi connectivity index (χ2n) is 6.36. The largest absolute Gasteiger partial charge is 0.339 e. The summed E-state index contributed by atoms with van der Waals surface area (Å²) < 4.78 is 0. The highest BCUT2D eigenvalue weighted by Crippen LogP contribution is 2.26. The second kappa shape index (κ2) is 7.09. The lowest BCUT2D eigenvalue weighted by Gasteiger charge is -2.20. The summed E-state index contributed by atoms with van der Waals surface area (Å²) in [5, 5.41) is 0. The average Bonchev–Trinajstić information content (AvgIpc) is 3.12. The molecule has 0 radical (unpaired) electrons. The van der Waals surface area contributed by atoms with Gasteiger partial charge in [-0.05, 0) is 5.56 Å². The van der Waals surface area contributed by atoms with E-state index >= 15 is 0 Å². The van der Waals surface area contributed by atoms with E-state index in [4.69, 9.17) is 5.73 Å². The molecule has 0 bridgehead atoms. The minimum atomic E-state index is -0.992. The highest BCUT2D eigenvalue weighted by atomic mass is 16.2. The van der Waals surface area contributed by atoms with Crippen molar-refractivity contribution in [3.8, 4) is 0 Å². The van der Waals surface area contributed by atoms with E-state index < -0.39 is 30.3 Å². The van der Waals surface area contributed by atoms with E-state index in [1.54, 1.807) is 0 Å². The summed E-state index contributed by atoms with van der Waals surface area (Å²) in [6.45, 7) is 3.65. The number of benzene rings is 1. The maximum absolute atomic E-state index is 12.6. The van der Waals surface area contributed by atoms with Crippen LogP contribution in [0.4, 0.5) is 4.79 Å². The summed E-state index contributed by atoms with van der Waals surface area (Å²) >= 11 is 0. The molecule has 136 valence electrons. The van der Waals surface area contributed by atoms with Crippen molar-refractivity contribution in [2.45, 2.75) is 12.0 Å². The minimum Gasteiger partial charge on any atom is -0.339 e. The molecule has 8 heteroatoms. The van der Waals surface area contributed by atoms with Gasteiger partial charge in [0, 0.05) is 31.6 Å². The van der Waals surface area contributed by atoms with E-state index in [1.807, 2.05) is 30.3 Å². The molecule has 0 aliphatic carbocycles. The third-order valence-electron chi connectivity index (χ3n) is 4.69. The summed E-state index contributed by atoms with van der Waals surface area (Å²) in [5.74, 6) is -2.35. The van der Waals surface area contributed by atoms with Crippen LogP contribution in [0, 0.1) is 0 Å². The zero-order chi connectivity index (χ0) is 18.8. The van der Waals surface area contributed by atoms with Crippen LogP contribution < -0.4 is 5.73 Å². The normalized spacial score (nSPS) is 23.1. The lowest BCUT2D eigenvalue weighted by atomic mass is 9.95. The molecule has 2 saturated heterocycles. The molecule has 26 heavy (non-hydrogen) atoms. The number of nitrogens with zero attached hydrogens (tertiary/aromatic N) is 3. The molecule has 2 atom stereocenters. The predicted octanol–water partition coefficient (Wildman–Crippen LogP) is -0.0835. The van der Waals surface area contributed by atoms with Crippen LogP contribution in [0.15, 0.2) is 43.0 Å². The molecule has 1 aromatic rings. The summed E-state index contributed by atoms with van der Waals surface area (Å²) in [6, 6.07) is 8.61. The Balaban J connectivity index is 1.67. The van der Waals surface area contributed by atoms with Gasteiger partial charge in [0.15, 0.2) is 0 Å². The van der Waals surface area contributed by atoms with Crippen LogP contribution in [-0.2, 0) is 14.4 Å². The molecule has 0 saturated carbocycles. The highest BCUT2D eigenvalue weighted by molar-refractivity contribution is 6.45. The molecule has 8 nitrogen and oxygen atoms in total. The van der Waals surface area contributed by atoms with Gasteiger partial charge in [-0.3, -0.25) is 19.3 Å². The van der Waals surface area contributed by atoms with Crippen LogP contribution in [0.3, 0.4) is 0 Å². The quantitative estimate of drug-likeness (QED) is 0.451. The Labute approximate surface area is 150 Å². The third-order valence-corrected chi connectivity index (χ3v) is 4.69. The first-order valence-electron chi connectivity index (χ1n) is 8.30. The van der Waals surface area contributed by atoms with Gasteiger partial charge in [-0.1, -0.05) is 36.4 Å². The summed E-state index contributed by atoms with van der Waals surface area (Å²) in [5.41, 5.74) is 7.21. The van der Waals surface area contributed by atoms with E-state index in [2.05, 4.69) is 6.58 Å². The maximum atomic E-state index is 12.6. The van der Waals surface area contributed by atoms with E-state index in [0.29, 0.717) is 18.0 Å². The maximum Gasteiger partial charge on any atom is 0.335 e. The van der Waals surface area contributed by atoms with Gasteiger partial charge in [-0.2, -0.15) is 0 Å². The van der Waals surface area contributed by atoms with Crippen LogP contribution in [0.5, 0.6) is 0 Å². The summed E-state index contributed by atoms with van der Waals surface area (Å²) in [6.07, 6.45) is 1.35. The van der Waals surface area contributed by atoms with Gasteiger partial charge in [0.1, 0.15) is 6.54 Å². The molecular weight excluding hydrogens is 336 g/mol. The van der Waals surface area contributed by atoms with Crippen molar-refractivity contribution in [2.75, 3.05) is 26.2 Å². The number of rotatable bonds is 5. The van der Waals surface area contributed by atoms with Gasteiger partial charge in [-0.25, -0.2) is 9.69 Å². The monoisotopic (exact) mass is 356 g/mol. The molecule has 5 amide bonds. The molecule has 1 aromatic carbocycles. The SMILES string of the molecule is C=CCN1C(=O)C(=O)N(CC(=O)N2C[C@@H](N)[C@H](c3ccccc3)C2)C1=O. The molecule has 2 aliphatic heterocycles. The standard InChI is InChI=1S/C18H20N4O4/c1-2-8-21-16(24)17(25)22(18(21)26)11-15(23)20-9-13(14(19)10-20)12-6-4-3-5-7-12/h2-7,13-14H,1,8-11,19H2/t13-,14+/m0/s1. The molecular formula is C18H20N4O4. The van der Waals surface area contributed by atoms with Gasteiger partial charge in [-0.15, -0.1) is 6.58 Å². The second-order valence-corrected chi connectivity index (χ2v) is 6.36. The Bertz CT molecular complexity index is 764. The van der Waals surface area contributed by atoms with Crippen molar-refractivity contribution in [3.05, 3.63) is 48.6 Å². The van der Waals surface area contributed by atoms with Gasteiger partial charge < -0.3 is 10.6 Å². The van der Waals surface area contributed by atoms with Gasteiger partial charge in [0.2, 0.25) is 5.91 Å². The van der Waals surface area contributed by atoms with E-state index in [9.17, 15) is 19.2 Å². The van der Waals surface area contributed by atoms with E-state index in [0.717, 1.165) is 10.5 Å². The fourth-order valence-corrected chi connectivity index (χ4v) is 3.30. The van der Waals surface area contributed by atoms with Gasteiger partial charge in [0.25, 0.3) is 0 Å².